The third-order valence-corrected chi connectivity index (χ3v) is 8.47. The molecule has 37 heavy (non-hydrogen) atoms. The summed E-state index contributed by atoms with van der Waals surface area (Å²) < 4.78 is 0. The molecule has 1 atom stereocenters. The number of likely N-dealkylation sites (N-methyl/N-ethyl adjacent to an activating group) is 1. The maximum Gasteiger partial charge on any atom is 0.220 e. The third-order valence-electron chi connectivity index (χ3n) is 7.28. The van der Waals surface area contributed by atoms with Crippen molar-refractivity contribution in [3.63, 3.8) is 0 Å². The highest BCUT2D eigenvalue weighted by Crippen LogP contribution is 2.39. The smallest absolute Gasteiger partial charge is 0.220 e. The summed E-state index contributed by atoms with van der Waals surface area (Å²) >= 11 is 1.59. The Balaban J connectivity index is 1.53. The van der Waals surface area contributed by atoms with Crippen LogP contribution in [-0.2, 0) is 4.79 Å². The highest BCUT2D eigenvalue weighted by molar-refractivity contribution is 7.17. The molecular formula is C28H39N7OS. The van der Waals surface area contributed by atoms with Crippen LogP contribution in [0.15, 0.2) is 29.3 Å². The van der Waals surface area contributed by atoms with E-state index in [0.29, 0.717) is 6.42 Å². The van der Waals surface area contributed by atoms with Gasteiger partial charge in [0.25, 0.3) is 0 Å². The maximum absolute atomic E-state index is 12.7. The van der Waals surface area contributed by atoms with E-state index in [4.69, 9.17) is 15.8 Å². The molecule has 1 aromatic carbocycles. The number of aryl methyl sites for hydroxylation is 2. The van der Waals surface area contributed by atoms with Gasteiger partial charge in [0.15, 0.2) is 0 Å². The molecule has 1 amide bonds. The van der Waals surface area contributed by atoms with Crippen LogP contribution >= 0.6 is 11.3 Å². The minimum atomic E-state index is -0.586. The van der Waals surface area contributed by atoms with Gasteiger partial charge in [-0.2, -0.15) is 0 Å². The Bertz CT molecular complexity index is 1190. The molecule has 2 aromatic rings. The number of amides is 1. The van der Waals surface area contributed by atoms with Gasteiger partial charge in [-0.25, -0.2) is 0 Å². The number of carbonyl (C=O) groups excluding carboxylic acids is 1. The topological polar surface area (TPSA) is 98.9 Å². The number of amidine groups is 2. The number of hydrogen-bond acceptors (Lipinski definition) is 7. The predicted octanol–water partition coefficient (Wildman–Crippen LogP) is 3.82. The quantitative estimate of drug-likeness (QED) is 0.381. The molecule has 3 N–H and O–H groups in total. The number of carbonyl (C=O) groups is 1. The minimum absolute atomic E-state index is 0.0156. The lowest BCUT2D eigenvalue weighted by atomic mass is 9.99. The summed E-state index contributed by atoms with van der Waals surface area (Å²) in [7, 11) is 2.14. The largest absolute Gasteiger partial charge is 0.353 e. The average molecular weight is 522 g/mol. The van der Waals surface area contributed by atoms with Crippen LogP contribution in [0.3, 0.4) is 0 Å². The molecule has 1 aromatic heterocycles. The van der Waals surface area contributed by atoms with Crippen LogP contribution in [0.25, 0.3) is 0 Å². The van der Waals surface area contributed by atoms with E-state index in [2.05, 4.69) is 67.2 Å². The number of rotatable bonds is 7. The molecule has 198 valence electrons. The monoisotopic (exact) mass is 521 g/mol. The van der Waals surface area contributed by atoms with Crippen LogP contribution in [0, 0.1) is 31.6 Å². The van der Waals surface area contributed by atoms with Gasteiger partial charge >= 0.3 is 0 Å². The standard InChI is InChI=1S/C28H39N7OS/c1-18-8-10-22(11-9-18)26-25-19(2)20(3)37-28(25)35(21(4)29)27(30)23(32-26)17-31-24(36)7-6-12-34-15-13-33(5)14-16-34/h8-11,23,29-30H,6-7,12-17H2,1-5H3,(H,31,36)/t23-/m0/s1. The summed E-state index contributed by atoms with van der Waals surface area (Å²) in [5, 5.41) is 21.4. The Morgan fingerprint density at radius 3 is 2.46 bits per heavy atom. The van der Waals surface area contributed by atoms with Crippen molar-refractivity contribution in [2.24, 2.45) is 4.99 Å². The first-order valence-corrected chi connectivity index (χ1v) is 13.8. The van der Waals surface area contributed by atoms with E-state index in [1.54, 1.807) is 23.2 Å². The number of piperazine rings is 1. The zero-order chi connectivity index (χ0) is 26.7. The lowest BCUT2D eigenvalue weighted by molar-refractivity contribution is -0.121. The molecule has 0 aliphatic carbocycles. The molecule has 8 nitrogen and oxygen atoms in total. The van der Waals surface area contributed by atoms with Crippen LogP contribution in [0.5, 0.6) is 0 Å². The molecule has 0 radical (unpaired) electrons. The second-order valence-corrected chi connectivity index (χ2v) is 11.4. The lowest BCUT2D eigenvalue weighted by Crippen LogP contribution is -2.45. The molecule has 3 heterocycles. The molecule has 9 heteroatoms. The Kier molecular flexibility index (Phi) is 8.56. The first-order chi connectivity index (χ1) is 17.7. The van der Waals surface area contributed by atoms with Crippen molar-refractivity contribution in [1.29, 1.82) is 10.8 Å². The van der Waals surface area contributed by atoms with E-state index in [9.17, 15) is 4.79 Å². The zero-order valence-corrected chi connectivity index (χ0v) is 23.5. The van der Waals surface area contributed by atoms with Gasteiger partial charge in [-0.1, -0.05) is 29.8 Å². The van der Waals surface area contributed by atoms with Crippen molar-refractivity contribution in [2.75, 3.05) is 51.2 Å². The fraction of sp³-hybridized carbons (Fsp3) is 0.500. The lowest BCUT2D eigenvalue weighted by Gasteiger charge is -2.32. The highest BCUT2D eigenvalue weighted by Gasteiger charge is 2.34. The molecule has 1 saturated heterocycles. The highest BCUT2D eigenvalue weighted by atomic mass is 32.1. The summed E-state index contributed by atoms with van der Waals surface area (Å²) in [6.45, 7) is 13.3. The van der Waals surface area contributed by atoms with Gasteiger partial charge < -0.3 is 15.1 Å². The summed E-state index contributed by atoms with van der Waals surface area (Å²) in [4.78, 5) is 25.4. The number of aliphatic imine (C=N–C) groups is 1. The average Bonchev–Trinajstić information content (AvgIpc) is 3.07. The Labute approximate surface area is 224 Å². The Morgan fingerprint density at radius 1 is 1.14 bits per heavy atom. The van der Waals surface area contributed by atoms with Crippen molar-refractivity contribution in [2.45, 2.75) is 46.6 Å². The van der Waals surface area contributed by atoms with Gasteiger partial charge in [0.05, 0.1) is 5.71 Å². The van der Waals surface area contributed by atoms with E-state index >= 15 is 0 Å². The first-order valence-electron chi connectivity index (χ1n) is 13.0. The fourth-order valence-corrected chi connectivity index (χ4v) is 6.05. The molecule has 0 unspecified atom stereocenters. The molecule has 2 aliphatic heterocycles. The number of fused-ring (bicyclic) bond motifs is 1. The van der Waals surface area contributed by atoms with E-state index in [1.165, 1.54) is 5.56 Å². The molecule has 0 spiro atoms. The number of anilines is 1. The molecule has 2 aliphatic rings. The second-order valence-electron chi connectivity index (χ2n) is 10.2. The Hall–Kier alpha value is -2.88. The normalized spacial score (nSPS) is 18.8. The van der Waals surface area contributed by atoms with Gasteiger partial charge in [-0.3, -0.25) is 25.5 Å². The minimum Gasteiger partial charge on any atom is -0.353 e. The van der Waals surface area contributed by atoms with Gasteiger partial charge in [-0.15, -0.1) is 11.3 Å². The predicted molar refractivity (Wildman–Crippen MR) is 154 cm³/mol. The summed E-state index contributed by atoms with van der Waals surface area (Å²) in [6, 6.07) is 7.68. The van der Waals surface area contributed by atoms with Gasteiger partial charge in [-0.05, 0) is 53.3 Å². The van der Waals surface area contributed by atoms with Crippen LogP contribution in [0.1, 0.15) is 46.9 Å². The van der Waals surface area contributed by atoms with Crippen molar-refractivity contribution >= 4 is 39.6 Å². The van der Waals surface area contributed by atoms with E-state index in [-0.39, 0.29) is 24.1 Å². The van der Waals surface area contributed by atoms with Gasteiger partial charge in [0, 0.05) is 55.1 Å². The third kappa shape index (κ3) is 6.17. The van der Waals surface area contributed by atoms with Gasteiger partial charge in [0.2, 0.25) is 5.91 Å². The molecule has 1 fully saturated rings. The molecular weight excluding hydrogens is 482 g/mol. The fourth-order valence-electron chi connectivity index (χ4n) is 4.82. The number of benzene rings is 1. The van der Waals surface area contributed by atoms with Crippen molar-refractivity contribution in [3.8, 4) is 0 Å². The molecule has 0 saturated carbocycles. The molecule has 4 rings (SSSR count). The van der Waals surface area contributed by atoms with E-state index < -0.39 is 6.04 Å². The zero-order valence-electron chi connectivity index (χ0n) is 22.6. The van der Waals surface area contributed by atoms with Gasteiger partial charge in [0.1, 0.15) is 22.7 Å². The summed E-state index contributed by atoms with van der Waals surface area (Å²) in [5.74, 6) is 0.476. The number of thiophene rings is 1. The second kappa shape index (κ2) is 11.7. The SMILES string of the molecule is CC(=N)N1C(=N)[C@H](CNC(=O)CCCN2CCN(C)CC2)N=C(c2ccc(C)cc2)c2c1sc(C)c2C. The van der Waals surface area contributed by atoms with Crippen molar-refractivity contribution in [3.05, 3.63) is 51.4 Å². The van der Waals surface area contributed by atoms with Crippen LogP contribution in [0.4, 0.5) is 5.00 Å². The number of hydrogen-bond donors (Lipinski definition) is 3. The van der Waals surface area contributed by atoms with E-state index in [0.717, 1.165) is 71.4 Å². The number of nitrogens with zero attached hydrogens (tertiary/aromatic N) is 4. The molecule has 0 bridgehead atoms. The first kappa shape index (κ1) is 27.2. The summed E-state index contributed by atoms with van der Waals surface area (Å²) in [5.41, 5.74) is 5.06. The van der Waals surface area contributed by atoms with E-state index in [1.807, 2.05) is 0 Å². The van der Waals surface area contributed by atoms with Crippen molar-refractivity contribution < 1.29 is 4.79 Å². The maximum atomic E-state index is 12.7. The van der Waals surface area contributed by atoms with Crippen LogP contribution < -0.4 is 10.2 Å². The van der Waals surface area contributed by atoms with Crippen LogP contribution in [-0.4, -0.2) is 85.4 Å². The van der Waals surface area contributed by atoms with Crippen molar-refractivity contribution in [1.82, 2.24) is 15.1 Å². The summed E-state index contributed by atoms with van der Waals surface area (Å²) in [6.07, 6.45) is 1.27. The number of nitrogens with one attached hydrogen (secondary N) is 3. The Morgan fingerprint density at radius 2 is 1.81 bits per heavy atom. The van der Waals surface area contributed by atoms with Crippen LogP contribution in [0.2, 0.25) is 0 Å².